The molecule has 1 fully saturated rings. The van der Waals surface area contributed by atoms with E-state index < -0.39 is 6.10 Å². The summed E-state index contributed by atoms with van der Waals surface area (Å²) >= 11 is 0. The molecule has 0 radical (unpaired) electrons. The Morgan fingerprint density at radius 1 is 1.47 bits per heavy atom. The van der Waals surface area contributed by atoms with E-state index in [-0.39, 0.29) is 5.82 Å². The molecule has 1 atom stereocenters. The van der Waals surface area contributed by atoms with Gasteiger partial charge in [-0.05, 0) is 43.9 Å². The lowest BCUT2D eigenvalue weighted by molar-refractivity contribution is 0.199. The van der Waals surface area contributed by atoms with Crippen molar-refractivity contribution >= 4 is 5.69 Å². The molecule has 1 saturated carbocycles. The van der Waals surface area contributed by atoms with Gasteiger partial charge in [-0.1, -0.05) is 13.0 Å². The van der Waals surface area contributed by atoms with Gasteiger partial charge in [0.2, 0.25) is 0 Å². The van der Waals surface area contributed by atoms with E-state index in [2.05, 4.69) is 11.8 Å². The summed E-state index contributed by atoms with van der Waals surface area (Å²) in [5, 5.41) is 9.42. The quantitative estimate of drug-likeness (QED) is 0.849. The number of hydrogen-bond acceptors (Lipinski definition) is 2. The van der Waals surface area contributed by atoms with E-state index in [9.17, 15) is 9.50 Å². The van der Waals surface area contributed by atoms with Gasteiger partial charge in [0.1, 0.15) is 5.82 Å². The Bertz CT molecular complexity index is 388. The Labute approximate surface area is 102 Å². The van der Waals surface area contributed by atoms with Crippen LogP contribution < -0.4 is 4.90 Å². The van der Waals surface area contributed by atoms with Crippen LogP contribution in [0.3, 0.4) is 0 Å². The lowest BCUT2D eigenvalue weighted by Crippen LogP contribution is -2.27. The lowest BCUT2D eigenvalue weighted by atomic mass is 10.1. The van der Waals surface area contributed by atoms with Crippen molar-refractivity contribution in [2.75, 3.05) is 11.4 Å². The Kier molecular flexibility index (Phi) is 3.67. The maximum atomic E-state index is 14.0. The highest BCUT2D eigenvalue weighted by molar-refractivity contribution is 5.51. The minimum atomic E-state index is -0.612. The number of nitrogens with zero attached hydrogens (tertiary/aromatic N) is 1. The molecular weight excluding hydrogens is 217 g/mol. The second kappa shape index (κ2) is 5.05. The van der Waals surface area contributed by atoms with Crippen LogP contribution in [0.4, 0.5) is 10.1 Å². The Morgan fingerprint density at radius 3 is 2.65 bits per heavy atom. The van der Waals surface area contributed by atoms with Crippen LogP contribution in [0.5, 0.6) is 0 Å². The van der Waals surface area contributed by atoms with Crippen molar-refractivity contribution < 1.29 is 9.50 Å². The predicted octanol–water partition coefficient (Wildman–Crippen LogP) is 3.26. The highest BCUT2D eigenvalue weighted by Gasteiger charge is 2.30. The lowest BCUT2D eigenvalue weighted by Gasteiger charge is -2.25. The second-order valence-corrected chi connectivity index (χ2v) is 4.81. The minimum absolute atomic E-state index is 0.219. The Hall–Kier alpha value is -1.09. The summed E-state index contributed by atoms with van der Waals surface area (Å²) in [5.74, 6) is -0.219. The second-order valence-electron chi connectivity index (χ2n) is 4.81. The zero-order valence-corrected chi connectivity index (χ0v) is 10.5. The molecule has 1 aliphatic rings. The smallest absolute Gasteiger partial charge is 0.146 e. The third-order valence-electron chi connectivity index (χ3n) is 3.22. The first-order chi connectivity index (χ1) is 8.13. The standard InChI is InChI=1S/C14H20FNO/c1-3-8-16(12-5-6-12)14-7-4-11(10(2)17)9-13(14)15/h4,7,9-10,12,17H,3,5-6,8H2,1-2H3. The van der Waals surface area contributed by atoms with Gasteiger partial charge >= 0.3 is 0 Å². The van der Waals surface area contributed by atoms with E-state index in [1.165, 1.54) is 6.07 Å². The number of benzene rings is 1. The topological polar surface area (TPSA) is 23.5 Å². The molecule has 2 nitrogen and oxygen atoms in total. The molecule has 0 aromatic heterocycles. The van der Waals surface area contributed by atoms with Gasteiger partial charge in [-0.3, -0.25) is 0 Å². The fourth-order valence-electron chi connectivity index (χ4n) is 2.14. The molecular formula is C14H20FNO. The fraction of sp³-hybridized carbons (Fsp3) is 0.571. The third kappa shape index (κ3) is 2.78. The largest absolute Gasteiger partial charge is 0.389 e. The van der Waals surface area contributed by atoms with Crippen LogP contribution in [0.15, 0.2) is 18.2 Å². The molecule has 0 amide bonds. The van der Waals surface area contributed by atoms with Gasteiger partial charge in [-0.15, -0.1) is 0 Å². The Morgan fingerprint density at radius 2 is 2.18 bits per heavy atom. The molecule has 94 valence electrons. The molecule has 2 rings (SSSR count). The van der Waals surface area contributed by atoms with Crippen LogP contribution in [0.25, 0.3) is 0 Å². The highest BCUT2D eigenvalue weighted by Crippen LogP contribution is 2.34. The first kappa shape index (κ1) is 12.4. The molecule has 0 saturated heterocycles. The van der Waals surface area contributed by atoms with Crippen molar-refractivity contribution in [2.45, 2.75) is 45.3 Å². The molecule has 1 aromatic rings. The van der Waals surface area contributed by atoms with Gasteiger partial charge in [-0.2, -0.15) is 0 Å². The summed E-state index contributed by atoms with van der Waals surface area (Å²) in [6, 6.07) is 5.58. The first-order valence-electron chi connectivity index (χ1n) is 6.37. The summed E-state index contributed by atoms with van der Waals surface area (Å²) in [6.45, 7) is 4.66. The predicted molar refractivity (Wildman–Crippen MR) is 67.7 cm³/mol. The molecule has 0 heterocycles. The number of hydrogen-bond donors (Lipinski definition) is 1. The molecule has 0 bridgehead atoms. The molecule has 3 heteroatoms. The first-order valence-corrected chi connectivity index (χ1v) is 6.37. The van der Waals surface area contributed by atoms with Crippen molar-refractivity contribution in [3.63, 3.8) is 0 Å². The molecule has 0 spiro atoms. The zero-order chi connectivity index (χ0) is 12.4. The molecule has 1 unspecified atom stereocenters. The number of aliphatic hydroxyl groups excluding tert-OH is 1. The van der Waals surface area contributed by atoms with Crippen LogP contribution in [-0.2, 0) is 0 Å². The van der Waals surface area contributed by atoms with E-state index in [0.717, 1.165) is 25.8 Å². The van der Waals surface area contributed by atoms with Gasteiger partial charge in [0, 0.05) is 12.6 Å². The number of anilines is 1. The van der Waals surface area contributed by atoms with Crippen LogP contribution in [0.2, 0.25) is 0 Å². The van der Waals surface area contributed by atoms with Gasteiger partial charge < -0.3 is 10.0 Å². The maximum Gasteiger partial charge on any atom is 0.146 e. The van der Waals surface area contributed by atoms with Crippen LogP contribution in [-0.4, -0.2) is 17.7 Å². The molecule has 0 aliphatic heterocycles. The van der Waals surface area contributed by atoms with Crippen molar-refractivity contribution in [1.29, 1.82) is 0 Å². The monoisotopic (exact) mass is 237 g/mol. The average Bonchev–Trinajstić information content (AvgIpc) is 3.10. The van der Waals surface area contributed by atoms with E-state index in [0.29, 0.717) is 17.3 Å². The van der Waals surface area contributed by atoms with Crippen molar-refractivity contribution in [3.05, 3.63) is 29.6 Å². The van der Waals surface area contributed by atoms with Crippen LogP contribution in [0.1, 0.15) is 44.8 Å². The minimum Gasteiger partial charge on any atom is -0.389 e. The number of aliphatic hydroxyl groups is 1. The van der Waals surface area contributed by atoms with Crippen LogP contribution >= 0.6 is 0 Å². The Balaban J connectivity index is 2.24. The summed E-state index contributed by atoms with van der Waals surface area (Å²) in [5.41, 5.74) is 1.32. The number of rotatable bonds is 5. The van der Waals surface area contributed by atoms with Gasteiger partial charge in [0.05, 0.1) is 11.8 Å². The van der Waals surface area contributed by atoms with Gasteiger partial charge in [0.15, 0.2) is 0 Å². The summed E-state index contributed by atoms with van der Waals surface area (Å²) in [6.07, 6.45) is 2.74. The van der Waals surface area contributed by atoms with Crippen molar-refractivity contribution in [3.8, 4) is 0 Å². The molecule has 1 N–H and O–H groups in total. The summed E-state index contributed by atoms with van der Waals surface area (Å²) in [4.78, 5) is 2.15. The normalized spacial score (nSPS) is 16.9. The highest BCUT2D eigenvalue weighted by atomic mass is 19.1. The van der Waals surface area contributed by atoms with Gasteiger partial charge in [-0.25, -0.2) is 4.39 Å². The zero-order valence-electron chi connectivity index (χ0n) is 10.5. The summed E-state index contributed by atoms with van der Waals surface area (Å²) < 4.78 is 14.0. The molecule has 1 aliphatic carbocycles. The third-order valence-corrected chi connectivity index (χ3v) is 3.22. The summed E-state index contributed by atoms with van der Waals surface area (Å²) in [7, 11) is 0. The van der Waals surface area contributed by atoms with E-state index in [1.807, 2.05) is 6.07 Å². The number of halogens is 1. The van der Waals surface area contributed by atoms with E-state index in [4.69, 9.17) is 0 Å². The maximum absolute atomic E-state index is 14.0. The van der Waals surface area contributed by atoms with E-state index >= 15 is 0 Å². The molecule has 1 aromatic carbocycles. The SMILES string of the molecule is CCCN(c1ccc(C(C)O)cc1F)C1CC1. The van der Waals surface area contributed by atoms with E-state index in [1.54, 1.807) is 13.0 Å². The molecule has 17 heavy (non-hydrogen) atoms. The van der Waals surface area contributed by atoms with Crippen LogP contribution in [0, 0.1) is 5.82 Å². The van der Waals surface area contributed by atoms with Crippen molar-refractivity contribution in [2.24, 2.45) is 0 Å². The fourth-order valence-corrected chi connectivity index (χ4v) is 2.14. The average molecular weight is 237 g/mol. The van der Waals surface area contributed by atoms with Crippen molar-refractivity contribution in [1.82, 2.24) is 0 Å². The van der Waals surface area contributed by atoms with Gasteiger partial charge in [0.25, 0.3) is 0 Å².